The van der Waals surface area contributed by atoms with Crippen molar-refractivity contribution in [2.75, 3.05) is 23.4 Å². The lowest BCUT2D eigenvalue weighted by Crippen LogP contribution is -2.25. The van der Waals surface area contributed by atoms with E-state index >= 15 is 0 Å². The highest BCUT2D eigenvalue weighted by Crippen LogP contribution is 2.16. The van der Waals surface area contributed by atoms with Gasteiger partial charge in [0.05, 0.1) is 12.4 Å². The summed E-state index contributed by atoms with van der Waals surface area (Å²) >= 11 is 0. The summed E-state index contributed by atoms with van der Waals surface area (Å²) in [6, 6.07) is 16.9. The van der Waals surface area contributed by atoms with Crippen molar-refractivity contribution in [3.63, 3.8) is 0 Å². The third kappa shape index (κ3) is 6.98. The number of hydrogen-bond acceptors (Lipinski definition) is 4. The van der Waals surface area contributed by atoms with Crippen LogP contribution in [0.5, 0.6) is 0 Å². The first kappa shape index (κ1) is 20.1. The Balaban J connectivity index is 1.86. The molecular formula is C20H25NO4S. The molecule has 0 bridgehead atoms. The minimum atomic E-state index is -3.44. The summed E-state index contributed by atoms with van der Waals surface area (Å²) < 4.78 is 29.8. The maximum Gasteiger partial charge on any atom is 0.239 e. The number of ether oxygens (including phenoxy) is 1. The molecule has 2 rings (SSSR count). The minimum absolute atomic E-state index is 0.00406. The van der Waals surface area contributed by atoms with Gasteiger partial charge in [0.15, 0.2) is 9.84 Å². The van der Waals surface area contributed by atoms with E-state index in [2.05, 4.69) is 5.32 Å². The van der Waals surface area contributed by atoms with Crippen LogP contribution in [0, 0.1) is 0 Å². The van der Waals surface area contributed by atoms with Crippen molar-refractivity contribution in [3.05, 3.63) is 65.7 Å². The first-order valence-corrected chi connectivity index (χ1v) is 10.5. The Bertz CT molecular complexity index is 804. The SMILES string of the molecule is CCOCc1ccccc1NC(=O)CS(=O)(=O)CCCc1ccccc1. The maximum absolute atomic E-state index is 12.2. The molecule has 0 saturated carbocycles. The van der Waals surface area contributed by atoms with Crippen LogP contribution in [0.3, 0.4) is 0 Å². The molecule has 1 N–H and O–H groups in total. The van der Waals surface area contributed by atoms with E-state index in [1.54, 1.807) is 12.1 Å². The quantitative estimate of drug-likeness (QED) is 0.692. The van der Waals surface area contributed by atoms with E-state index in [9.17, 15) is 13.2 Å². The minimum Gasteiger partial charge on any atom is -0.377 e. The third-order valence-corrected chi connectivity index (χ3v) is 5.48. The fraction of sp³-hybridized carbons (Fsp3) is 0.350. The van der Waals surface area contributed by atoms with E-state index < -0.39 is 21.5 Å². The van der Waals surface area contributed by atoms with Crippen LogP contribution < -0.4 is 5.32 Å². The molecule has 0 aliphatic rings. The highest BCUT2D eigenvalue weighted by molar-refractivity contribution is 7.92. The van der Waals surface area contributed by atoms with Crippen molar-refractivity contribution in [1.29, 1.82) is 0 Å². The van der Waals surface area contributed by atoms with Crippen LogP contribution in [-0.4, -0.2) is 32.4 Å². The predicted molar refractivity (Wildman–Crippen MR) is 104 cm³/mol. The van der Waals surface area contributed by atoms with E-state index in [4.69, 9.17) is 4.74 Å². The number of carbonyl (C=O) groups excluding carboxylic acids is 1. The fourth-order valence-corrected chi connectivity index (χ4v) is 3.78. The van der Waals surface area contributed by atoms with Gasteiger partial charge in [0.1, 0.15) is 5.75 Å². The van der Waals surface area contributed by atoms with E-state index in [1.165, 1.54) is 0 Å². The normalized spacial score (nSPS) is 11.3. The van der Waals surface area contributed by atoms with Crippen LogP contribution in [0.2, 0.25) is 0 Å². The molecule has 0 unspecified atom stereocenters. The Morgan fingerprint density at radius 2 is 1.73 bits per heavy atom. The summed E-state index contributed by atoms with van der Waals surface area (Å²) in [5.41, 5.74) is 2.51. The van der Waals surface area contributed by atoms with Crippen LogP contribution in [0.4, 0.5) is 5.69 Å². The van der Waals surface area contributed by atoms with Gasteiger partial charge in [-0.3, -0.25) is 4.79 Å². The summed E-state index contributed by atoms with van der Waals surface area (Å²) in [5, 5.41) is 2.69. The Labute approximate surface area is 155 Å². The number of aryl methyl sites for hydroxylation is 1. The second-order valence-electron chi connectivity index (χ2n) is 6.02. The number of hydrogen-bond donors (Lipinski definition) is 1. The first-order valence-electron chi connectivity index (χ1n) is 8.70. The van der Waals surface area contributed by atoms with Gasteiger partial charge in [-0.1, -0.05) is 48.5 Å². The number of anilines is 1. The van der Waals surface area contributed by atoms with Crippen LogP contribution in [-0.2, 0) is 32.4 Å². The van der Waals surface area contributed by atoms with E-state index in [-0.39, 0.29) is 5.75 Å². The molecule has 5 nitrogen and oxygen atoms in total. The second kappa shape index (κ2) is 10.1. The molecule has 0 aliphatic carbocycles. The molecule has 6 heteroatoms. The van der Waals surface area contributed by atoms with E-state index in [0.29, 0.717) is 31.7 Å². The molecule has 1 amide bonds. The monoisotopic (exact) mass is 375 g/mol. The maximum atomic E-state index is 12.2. The lowest BCUT2D eigenvalue weighted by Gasteiger charge is -2.11. The van der Waals surface area contributed by atoms with Gasteiger partial charge >= 0.3 is 0 Å². The number of para-hydroxylation sites is 1. The van der Waals surface area contributed by atoms with E-state index in [0.717, 1.165) is 11.1 Å². The Kier molecular flexibility index (Phi) is 7.81. The molecule has 0 aromatic heterocycles. The summed E-state index contributed by atoms with van der Waals surface area (Å²) in [5.74, 6) is -1.03. The van der Waals surface area contributed by atoms with Gasteiger partial charge in [-0.05, 0) is 31.4 Å². The number of benzene rings is 2. The Hall–Kier alpha value is -2.18. The van der Waals surface area contributed by atoms with Gasteiger partial charge in [0.2, 0.25) is 5.91 Å². The Morgan fingerprint density at radius 1 is 1.04 bits per heavy atom. The number of sulfone groups is 1. The summed E-state index contributed by atoms with van der Waals surface area (Å²) in [6.07, 6.45) is 1.18. The highest BCUT2D eigenvalue weighted by Gasteiger charge is 2.17. The van der Waals surface area contributed by atoms with Gasteiger partial charge in [0, 0.05) is 17.9 Å². The standard InChI is InChI=1S/C20H25NO4S/c1-2-25-15-18-12-6-7-13-19(18)21-20(22)16-26(23,24)14-8-11-17-9-4-3-5-10-17/h3-7,9-10,12-13H,2,8,11,14-16H2,1H3,(H,21,22). The van der Waals surface area contributed by atoms with Crippen molar-refractivity contribution in [2.45, 2.75) is 26.4 Å². The van der Waals surface area contributed by atoms with E-state index in [1.807, 2.05) is 49.4 Å². The molecule has 0 fully saturated rings. The average Bonchev–Trinajstić information content (AvgIpc) is 2.61. The largest absolute Gasteiger partial charge is 0.377 e. The molecular weight excluding hydrogens is 350 g/mol. The van der Waals surface area contributed by atoms with Gasteiger partial charge in [-0.25, -0.2) is 8.42 Å². The summed E-state index contributed by atoms with van der Waals surface area (Å²) in [6.45, 7) is 2.83. The molecule has 0 radical (unpaired) electrons. The van der Waals surface area contributed by atoms with Crippen molar-refractivity contribution in [1.82, 2.24) is 0 Å². The molecule has 0 saturated heterocycles. The second-order valence-corrected chi connectivity index (χ2v) is 8.21. The van der Waals surface area contributed by atoms with Gasteiger partial charge < -0.3 is 10.1 Å². The lowest BCUT2D eigenvalue weighted by atomic mass is 10.1. The first-order chi connectivity index (χ1) is 12.5. The third-order valence-electron chi connectivity index (χ3n) is 3.87. The summed E-state index contributed by atoms with van der Waals surface area (Å²) in [7, 11) is -3.44. The van der Waals surface area contributed by atoms with Gasteiger partial charge in [-0.15, -0.1) is 0 Å². The number of carbonyl (C=O) groups is 1. The molecule has 0 atom stereocenters. The lowest BCUT2D eigenvalue weighted by molar-refractivity contribution is -0.113. The zero-order valence-electron chi connectivity index (χ0n) is 15.0. The van der Waals surface area contributed by atoms with Gasteiger partial charge in [-0.2, -0.15) is 0 Å². The molecule has 0 heterocycles. The van der Waals surface area contributed by atoms with Crippen LogP contribution in [0.1, 0.15) is 24.5 Å². The van der Waals surface area contributed by atoms with Crippen LogP contribution in [0.25, 0.3) is 0 Å². The zero-order chi connectivity index (χ0) is 18.8. The fourth-order valence-electron chi connectivity index (χ4n) is 2.58. The van der Waals surface area contributed by atoms with Gasteiger partial charge in [0.25, 0.3) is 0 Å². The van der Waals surface area contributed by atoms with Crippen molar-refractivity contribution in [3.8, 4) is 0 Å². The smallest absolute Gasteiger partial charge is 0.239 e. The summed E-state index contributed by atoms with van der Waals surface area (Å²) in [4.78, 5) is 12.2. The Morgan fingerprint density at radius 3 is 2.46 bits per heavy atom. The number of nitrogens with one attached hydrogen (secondary N) is 1. The van der Waals surface area contributed by atoms with Crippen molar-refractivity contribution >= 4 is 21.4 Å². The number of rotatable bonds is 10. The molecule has 0 spiro atoms. The topological polar surface area (TPSA) is 72.5 Å². The molecule has 26 heavy (non-hydrogen) atoms. The number of amides is 1. The van der Waals surface area contributed by atoms with Crippen molar-refractivity contribution < 1.29 is 17.9 Å². The van der Waals surface area contributed by atoms with Crippen molar-refractivity contribution in [2.24, 2.45) is 0 Å². The molecule has 0 aliphatic heterocycles. The molecule has 2 aromatic rings. The molecule has 2 aromatic carbocycles. The average molecular weight is 375 g/mol. The highest BCUT2D eigenvalue weighted by atomic mass is 32.2. The van der Waals surface area contributed by atoms with Crippen LogP contribution in [0.15, 0.2) is 54.6 Å². The zero-order valence-corrected chi connectivity index (χ0v) is 15.8. The molecule has 140 valence electrons. The predicted octanol–water partition coefficient (Wildman–Crippen LogP) is 3.21. The van der Waals surface area contributed by atoms with Crippen LogP contribution >= 0.6 is 0 Å².